The second-order valence-corrected chi connectivity index (χ2v) is 4.73. The smallest absolute Gasteiger partial charge is 0.337 e. The Morgan fingerprint density at radius 2 is 1.96 bits per heavy atom. The molecule has 0 unspecified atom stereocenters. The summed E-state index contributed by atoms with van der Waals surface area (Å²) in [5.41, 5.74) is 0.627. The van der Waals surface area contributed by atoms with Crippen LogP contribution in [-0.4, -0.2) is 28.9 Å². The number of methoxy groups -OCH3 is 1. The predicted octanol–water partition coefficient (Wildman–Crippen LogP) is 2.48. The van der Waals surface area contributed by atoms with Crippen LogP contribution >= 0.6 is 0 Å². The molecular formula is C15H14N4O5. The number of carbonyl (C=O) groups excluding carboxylic acids is 2. The third-order valence-corrected chi connectivity index (χ3v) is 2.92. The van der Waals surface area contributed by atoms with Gasteiger partial charge in [-0.15, -0.1) is 0 Å². The molecule has 1 aromatic carbocycles. The molecule has 2 aromatic rings. The lowest BCUT2D eigenvalue weighted by atomic mass is 10.1. The van der Waals surface area contributed by atoms with E-state index in [0.717, 1.165) is 0 Å². The molecule has 0 fully saturated rings. The summed E-state index contributed by atoms with van der Waals surface area (Å²) >= 11 is 0. The van der Waals surface area contributed by atoms with Gasteiger partial charge in [-0.3, -0.25) is 14.9 Å². The molecular weight excluding hydrogens is 316 g/mol. The Kier molecular flexibility index (Phi) is 5.05. The molecule has 1 amide bonds. The van der Waals surface area contributed by atoms with Gasteiger partial charge in [0.05, 0.1) is 17.6 Å². The zero-order valence-corrected chi connectivity index (χ0v) is 12.9. The number of ether oxygens (including phenoxy) is 1. The van der Waals surface area contributed by atoms with Gasteiger partial charge in [0.25, 0.3) is 0 Å². The largest absolute Gasteiger partial charge is 0.465 e. The topological polar surface area (TPSA) is 123 Å². The zero-order valence-electron chi connectivity index (χ0n) is 12.9. The number of hydrogen-bond acceptors (Lipinski definition) is 7. The van der Waals surface area contributed by atoms with Crippen molar-refractivity contribution < 1.29 is 19.2 Å². The van der Waals surface area contributed by atoms with Gasteiger partial charge in [-0.2, -0.15) is 0 Å². The van der Waals surface area contributed by atoms with E-state index in [1.54, 1.807) is 0 Å². The fraction of sp³-hybridized carbons (Fsp3) is 0.133. The second-order valence-electron chi connectivity index (χ2n) is 4.73. The Morgan fingerprint density at radius 3 is 2.58 bits per heavy atom. The van der Waals surface area contributed by atoms with Gasteiger partial charge < -0.3 is 15.4 Å². The van der Waals surface area contributed by atoms with E-state index >= 15 is 0 Å². The van der Waals surface area contributed by atoms with Crippen molar-refractivity contribution >= 4 is 34.8 Å². The van der Waals surface area contributed by atoms with Crippen molar-refractivity contribution in [1.82, 2.24) is 4.98 Å². The molecule has 1 heterocycles. The lowest BCUT2D eigenvalue weighted by molar-refractivity contribution is -0.384. The van der Waals surface area contributed by atoms with Crippen LogP contribution in [0, 0.1) is 10.1 Å². The van der Waals surface area contributed by atoms with Gasteiger partial charge >= 0.3 is 11.7 Å². The third-order valence-electron chi connectivity index (χ3n) is 2.92. The highest BCUT2D eigenvalue weighted by Gasteiger charge is 2.16. The van der Waals surface area contributed by atoms with E-state index in [-0.39, 0.29) is 23.0 Å². The van der Waals surface area contributed by atoms with Crippen LogP contribution in [0.15, 0.2) is 36.5 Å². The minimum Gasteiger partial charge on any atom is -0.465 e. The SMILES string of the molecule is COC(=O)c1cc(NC(C)=O)cc(Nc2ncccc2[N+](=O)[O-])c1. The number of nitro groups is 1. The predicted molar refractivity (Wildman–Crippen MR) is 86.3 cm³/mol. The fourth-order valence-corrected chi connectivity index (χ4v) is 1.99. The molecule has 0 saturated heterocycles. The molecule has 9 nitrogen and oxygen atoms in total. The second kappa shape index (κ2) is 7.18. The molecule has 0 aliphatic carbocycles. The number of carbonyl (C=O) groups is 2. The number of amides is 1. The summed E-state index contributed by atoms with van der Waals surface area (Å²) in [6.07, 6.45) is 1.40. The maximum absolute atomic E-state index is 11.7. The van der Waals surface area contributed by atoms with Crippen LogP contribution in [0.25, 0.3) is 0 Å². The Bertz CT molecular complexity index is 806. The average Bonchev–Trinajstić information content (AvgIpc) is 2.53. The monoisotopic (exact) mass is 330 g/mol. The normalized spacial score (nSPS) is 9.92. The first-order chi connectivity index (χ1) is 11.4. The Hall–Kier alpha value is -3.49. The quantitative estimate of drug-likeness (QED) is 0.490. The van der Waals surface area contributed by atoms with E-state index in [9.17, 15) is 19.7 Å². The molecule has 2 rings (SSSR count). The summed E-state index contributed by atoms with van der Waals surface area (Å²) in [4.78, 5) is 37.4. The minimum absolute atomic E-state index is 0.0123. The fourth-order valence-electron chi connectivity index (χ4n) is 1.99. The van der Waals surface area contributed by atoms with E-state index in [4.69, 9.17) is 0 Å². The first-order valence-electron chi connectivity index (χ1n) is 6.78. The lowest BCUT2D eigenvalue weighted by Gasteiger charge is -2.11. The van der Waals surface area contributed by atoms with E-state index in [1.165, 1.54) is 50.6 Å². The van der Waals surface area contributed by atoms with E-state index in [2.05, 4.69) is 20.4 Å². The first kappa shape index (κ1) is 16.9. The Balaban J connectivity index is 2.44. The standard InChI is InChI=1S/C15H14N4O5/c1-9(20)17-11-6-10(15(21)24-2)7-12(8-11)18-14-13(19(22)23)4-3-5-16-14/h3-8H,1-2H3,(H,16,18)(H,17,20). The van der Waals surface area contributed by atoms with Crippen molar-refractivity contribution in [2.24, 2.45) is 0 Å². The highest BCUT2D eigenvalue weighted by atomic mass is 16.6. The van der Waals surface area contributed by atoms with E-state index in [0.29, 0.717) is 11.4 Å². The number of esters is 1. The molecule has 0 aliphatic rings. The number of nitrogens with zero attached hydrogens (tertiary/aromatic N) is 2. The van der Waals surface area contributed by atoms with Crippen molar-refractivity contribution in [1.29, 1.82) is 0 Å². The van der Waals surface area contributed by atoms with Crippen LogP contribution in [0.1, 0.15) is 17.3 Å². The zero-order chi connectivity index (χ0) is 17.7. The summed E-state index contributed by atoms with van der Waals surface area (Å²) in [5.74, 6) is -0.925. The molecule has 0 saturated carbocycles. The summed E-state index contributed by atoms with van der Waals surface area (Å²) in [6.45, 7) is 1.32. The van der Waals surface area contributed by atoms with Crippen molar-refractivity contribution in [3.63, 3.8) is 0 Å². The molecule has 1 aromatic heterocycles. The molecule has 0 aliphatic heterocycles. The number of pyridine rings is 1. The van der Waals surface area contributed by atoms with Crippen LogP contribution in [0.2, 0.25) is 0 Å². The van der Waals surface area contributed by atoms with E-state index in [1.807, 2.05) is 0 Å². The summed E-state index contributed by atoms with van der Waals surface area (Å²) in [6, 6.07) is 7.14. The highest BCUT2D eigenvalue weighted by Crippen LogP contribution is 2.27. The van der Waals surface area contributed by atoms with Gasteiger partial charge in [-0.25, -0.2) is 9.78 Å². The third kappa shape index (κ3) is 4.03. The maximum atomic E-state index is 11.7. The molecule has 124 valence electrons. The van der Waals surface area contributed by atoms with E-state index < -0.39 is 10.9 Å². The van der Waals surface area contributed by atoms with Crippen LogP contribution in [0.5, 0.6) is 0 Å². The molecule has 0 spiro atoms. The Morgan fingerprint density at radius 1 is 1.25 bits per heavy atom. The van der Waals surface area contributed by atoms with Crippen molar-refractivity contribution in [2.75, 3.05) is 17.7 Å². The van der Waals surface area contributed by atoms with Gasteiger partial charge in [0.15, 0.2) is 0 Å². The summed E-state index contributed by atoms with van der Waals surface area (Å²) in [7, 11) is 1.23. The number of anilines is 3. The number of rotatable bonds is 5. The molecule has 0 bridgehead atoms. The van der Waals surface area contributed by atoms with Crippen LogP contribution in [-0.2, 0) is 9.53 Å². The number of hydrogen-bond donors (Lipinski definition) is 2. The van der Waals surface area contributed by atoms with Gasteiger partial charge in [0.2, 0.25) is 11.7 Å². The molecule has 9 heteroatoms. The van der Waals surface area contributed by atoms with Gasteiger partial charge in [-0.05, 0) is 24.3 Å². The number of benzene rings is 1. The van der Waals surface area contributed by atoms with Gasteiger partial charge in [0.1, 0.15) is 0 Å². The molecule has 0 atom stereocenters. The van der Waals surface area contributed by atoms with Crippen molar-refractivity contribution in [2.45, 2.75) is 6.92 Å². The number of nitrogens with one attached hydrogen (secondary N) is 2. The van der Waals surface area contributed by atoms with Crippen LogP contribution in [0.4, 0.5) is 22.9 Å². The first-order valence-corrected chi connectivity index (χ1v) is 6.78. The highest BCUT2D eigenvalue weighted by molar-refractivity contribution is 5.95. The summed E-state index contributed by atoms with van der Waals surface area (Å²) in [5, 5.41) is 16.4. The van der Waals surface area contributed by atoms with Crippen molar-refractivity contribution in [3.05, 3.63) is 52.2 Å². The van der Waals surface area contributed by atoms with Gasteiger partial charge in [0, 0.05) is 30.6 Å². The minimum atomic E-state index is -0.610. The lowest BCUT2D eigenvalue weighted by Crippen LogP contribution is -2.09. The van der Waals surface area contributed by atoms with Gasteiger partial charge in [-0.1, -0.05) is 0 Å². The van der Waals surface area contributed by atoms with Crippen LogP contribution < -0.4 is 10.6 Å². The Labute approximate surface area is 136 Å². The van der Waals surface area contributed by atoms with Crippen LogP contribution in [0.3, 0.4) is 0 Å². The maximum Gasteiger partial charge on any atom is 0.337 e. The number of aromatic nitrogens is 1. The summed E-state index contributed by atoms with van der Waals surface area (Å²) < 4.78 is 4.66. The average molecular weight is 330 g/mol. The van der Waals surface area contributed by atoms with Crippen molar-refractivity contribution in [3.8, 4) is 0 Å². The molecule has 2 N–H and O–H groups in total. The molecule has 0 radical (unpaired) electrons. The molecule has 24 heavy (non-hydrogen) atoms.